The molecule has 0 unspecified atom stereocenters. The third-order valence-electron chi connectivity index (χ3n) is 4.53. The monoisotopic (exact) mass is 442 g/mol. The molecule has 0 aliphatic rings. The van der Waals surface area contributed by atoms with Crippen molar-refractivity contribution in [1.29, 1.82) is 0 Å². The number of aromatic nitrogens is 2. The van der Waals surface area contributed by atoms with Gasteiger partial charge in [-0.3, -0.25) is 4.79 Å². The molecule has 1 heterocycles. The van der Waals surface area contributed by atoms with E-state index in [4.69, 9.17) is 8.92 Å². The zero-order valence-electron chi connectivity index (χ0n) is 17.4. The van der Waals surface area contributed by atoms with E-state index in [0.717, 1.165) is 28.3 Å². The molecular formula is C22H22N2O6S. The fourth-order valence-corrected chi connectivity index (χ4v) is 3.81. The number of para-hydroxylation sites is 1. The molecule has 1 aromatic heterocycles. The molecule has 31 heavy (non-hydrogen) atoms. The summed E-state index contributed by atoms with van der Waals surface area (Å²) in [6, 6.07) is 14.0. The van der Waals surface area contributed by atoms with Crippen LogP contribution in [0.5, 0.6) is 5.75 Å². The Balaban J connectivity index is 2.10. The molecule has 0 radical (unpaired) electrons. The molecule has 3 rings (SSSR count). The summed E-state index contributed by atoms with van der Waals surface area (Å²) in [5.41, 5.74) is 1.06. The number of esters is 1. The first kappa shape index (κ1) is 22.2. The van der Waals surface area contributed by atoms with Gasteiger partial charge in [-0.1, -0.05) is 37.3 Å². The molecule has 0 N–H and O–H groups in total. The zero-order valence-corrected chi connectivity index (χ0v) is 18.2. The van der Waals surface area contributed by atoms with E-state index in [0.29, 0.717) is 5.69 Å². The topological polar surface area (TPSA) is 105 Å². The van der Waals surface area contributed by atoms with E-state index in [2.05, 4.69) is 5.10 Å². The van der Waals surface area contributed by atoms with Gasteiger partial charge in [0.25, 0.3) is 5.56 Å². The maximum atomic E-state index is 12.7. The number of carbonyl (C=O) groups is 1. The number of hydrogen-bond donors (Lipinski definition) is 0. The van der Waals surface area contributed by atoms with E-state index in [1.807, 2.05) is 6.92 Å². The molecule has 0 fully saturated rings. The van der Waals surface area contributed by atoms with Gasteiger partial charge in [-0.2, -0.15) is 18.2 Å². The molecular weight excluding hydrogens is 420 g/mol. The molecule has 0 spiro atoms. The molecule has 0 atom stereocenters. The maximum Gasteiger partial charge on any atom is 0.362 e. The quantitative estimate of drug-likeness (QED) is 0.409. The highest BCUT2D eigenvalue weighted by atomic mass is 32.2. The van der Waals surface area contributed by atoms with Crippen LogP contribution in [0.1, 0.15) is 35.5 Å². The Kier molecular flexibility index (Phi) is 6.55. The van der Waals surface area contributed by atoms with E-state index in [1.165, 1.54) is 12.1 Å². The number of aryl methyl sites for hydroxylation is 2. The molecule has 0 aliphatic heterocycles. The van der Waals surface area contributed by atoms with Gasteiger partial charge in [-0.05, 0) is 49.6 Å². The third-order valence-corrected chi connectivity index (χ3v) is 5.78. The summed E-state index contributed by atoms with van der Waals surface area (Å²) in [7, 11) is -4.31. The number of benzene rings is 2. The molecule has 9 heteroatoms. The van der Waals surface area contributed by atoms with E-state index in [1.54, 1.807) is 50.2 Å². The number of ether oxygens (including phenoxy) is 1. The summed E-state index contributed by atoms with van der Waals surface area (Å²) in [6.45, 7) is 5.36. The van der Waals surface area contributed by atoms with Crippen LogP contribution in [-0.2, 0) is 21.3 Å². The third kappa shape index (κ3) is 4.83. The van der Waals surface area contributed by atoms with Gasteiger partial charge in [0.1, 0.15) is 4.90 Å². The van der Waals surface area contributed by atoms with E-state index in [-0.39, 0.29) is 11.5 Å². The van der Waals surface area contributed by atoms with E-state index in [9.17, 15) is 18.0 Å². The highest BCUT2D eigenvalue weighted by molar-refractivity contribution is 7.87. The summed E-state index contributed by atoms with van der Waals surface area (Å²) in [4.78, 5) is 25.1. The molecule has 0 amide bonds. The molecule has 0 saturated carbocycles. The Morgan fingerprint density at radius 1 is 1.06 bits per heavy atom. The predicted molar refractivity (Wildman–Crippen MR) is 114 cm³/mol. The van der Waals surface area contributed by atoms with Gasteiger partial charge in [0.05, 0.1) is 18.4 Å². The lowest BCUT2D eigenvalue weighted by Gasteiger charge is -2.13. The zero-order chi connectivity index (χ0) is 22.6. The lowest BCUT2D eigenvalue weighted by molar-refractivity contribution is 0.0515. The second-order valence-electron chi connectivity index (χ2n) is 6.65. The van der Waals surface area contributed by atoms with Crippen LogP contribution in [0.25, 0.3) is 5.69 Å². The normalized spacial score (nSPS) is 11.2. The lowest BCUT2D eigenvalue weighted by atomic mass is 10.2. The van der Waals surface area contributed by atoms with Crippen molar-refractivity contribution in [3.05, 3.63) is 81.8 Å². The standard InChI is InChI=1S/C22H22N2O6S/c1-4-16-10-12-17(13-11-16)31(27,28)30-19-14-20(25)24(18-9-7-6-8-15(18)3)23-21(19)22(26)29-5-2/h6-14H,4-5H2,1-3H3. The van der Waals surface area contributed by atoms with Crippen molar-refractivity contribution in [2.45, 2.75) is 32.1 Å². The second kappa shape index (κ2) is 9.13. The highest BCUT2D eigenvalue weighted by Gasteiger charge is 2.25. The summed E-state index contributed by atoms with van der Waals surface area (Å²) in [5.74, 6) is -1.40. The first-order valence-electron chi connectivity index (χ1n) is 9.67. The van der Waals surface area contributed by atoms with Gasteiger partial charge < -0.3 is 8.92 Å². The minimum Gasteiger partial charge on any atom is -0.461 e. The highest BCUT2D eigenvalue weighted by Crippen LogP contribution is 2.22. The smallest absolute Gasteiger partial charge is 0.362 e. The molecule has 0 saturated heterocycles. The average molecular weight is 442 g/mol. The van der Waals surface area contributed by atoms with E-state index >= 15 is 0 Å². The van der Waals surface area contributed by atoms with Gasteiger partial charge in [0, 0.05) is 0 Å². The van der Waals surface area contributed by atoms with Crippen molar-refractivity contribution in [2.75, 3.05) is 6.61 Å². The number of rotatable bonds is 7. The SMILES string of the molecule is CCOC(=O)c1nn(-c2ccccc2C)c(=O)cc1OS(=O)(=O)c1ccc(CC)cc1. The number of nitrogens with zero attached hydrogens (tertiary/aromatic N) is 2. The van der Waals surface area contributed by atoms with Gasteiger partial charge >= 0.3 is 16.1 Å². The summed E-state index contributed by atoms with van der Waals surface area (Å²) < 4.78 is 36.6. The predicted octanol–water partition coefficient (Wildman–Crippen LogP) is 3.05. The minimum absolute atomic E-state index is 0.0364. The average Bonchev–Trinajstić information content (AvgIpc) is 2.74. The number of carbonyl (C=O) groups excluding carboxylic acids is 1. The van der Waals surface area contributed by atoms with Crippen LogP contribution >= 0.6 is 0 Å². The molecule has 0 aliphatic carbocycles. The Morgan fingerprint density at radius 2 is 1.74 bits per heavy atom. The Labute approximate surface area is 180 Å². The Bertz CT molecular complexity index is 1260. The van der Waals surface area contributed by atoms with Crippen molar-refractivity contribution in [1.82, 2.24) is 9.78 Å². The fourth-order valence-electron chi connectivity index (χ4n) is 2.88. The van der Waals surface area contributed by atoms with Crippen LogP contribution < -0.4 is 9.74 Å². The Morgan fingerprint density at radius 3 is 2.35 bits per heavy atom. The van der Waals surface area contributed by atoms with Crippen molar-refractivity contribution >= 4 is 16.1 Å². The largest absolute Gasteiger partial charge is 0.461 e. The van der Waals surface area contributed by atoms with Crippen molar-refractivity contribution in [2.24, 2.45) is 0 Å². The van der Waals surface area contributed by atoms with Crippen molar-refractivity contribution in [3.63, 3.8) is 0 Å². The van der Waals surface area contributed by atoms with Crippen LogP contribution in [0.15, 0.2) is 64.3 Å². The van der Waals surface area contributed by atoms with Crippen LogP contribution in [0.3, 0.4) is 0 Å². The van der Waals surface area contributed by atoms with Crippen molar-refractivity contribution in [3.8, 4) is 11.4 Å². The summed E-state index contributed by atoms with van der Waals surface area (Å²) in [5, 5.41) is 4.07. The summed E-state index contributed by atoms with van der Waals surface area (Å²) >= 11 is 0. The first-order chi connectivity index (χ1) is 14.8. The molecule has 162 valence electrons. The van der Waals surface area contributed by atoms with Crippen molar-refractivity contribution < 1.29 is 22.1 Å². The van der Waals surface area contributed by atoms with Crippen LogP contribution in [-0.4, -0.2) is 30.8 Å². The fraction of sp³-hybridized carbons (Fsp3) is 0.227. The van der Waals surface area contributed by atoms with Crippen LogP contribution in [0.2, 0.25) is 0 Å². The Hall–Kier alpha value is -3.46. The second-order valence-corrected chi connectivity index (χ2v) is 8.20. The van der Waals surface area contributed by atoms with Crippen LogP contribution in [0.4, 0.5) is 0 Å². The van der Waals surface area contributed by atoms with Crippen LogP contribution in [0, 0.1) is 6.92 Å². The first-order valence-corrected chi connectivity index (χ1v) is 11.1. The molecule has 0 bridgehead atoms. The maximum absolute atomic E-state index is 12.7. The van der Waals surface area contributed by atoms with Gasteiger partial charge in [-0.25, -0.2) is 4.79 Å². The van der Waals surface area contributed by atoms with Gasteiger partial charge in [0.15, 0.2) is 5.75 Å². The van der Waals surface area contributed by atoms with Gasteiger partial charge in [0.2, 0.25) is 5.69 Å². The minimum atomic E-state index is -4.31. The summed E-state index contributed by atoms with van der Waals surface area (Å²) in [6.07, 6.45) is 0.745. The molecule has 2 aromatic carbocycles. The molecule has 3 aromatic rings. The van der Waals surface area contributed by atoms with E-state index < -0.39 is 33.1 Å². The molecule has 8 nitrogen and oxygen atoms in total. The van der Waals surface area contributed by atoms with Gasteiger partial charge in [-0.15, -0.1) is 0 Å². The lowest BCUT2D eigenvalue weighted by Crippen LogP contribution is -2.26. The number of hydrogen-bond acceptors (Lipinski definition) is 7.